The van der Waals surface area contributed by atoms with Gasteiger partial charge in [-0.2, -0.15) is 0 Å². The second kappa shape index (κ2) is 7.21. The maximum absolute atomic E-state index is 12.8. The van der Waals surface area contributed by atoms with E-state index in [0.717, 1.165) is 24.4 Å². The highest BCUT2D eigenvalue weighted by Gasteiger charge is 2.33. The molecule has 2 heterocycles. The Kier molecular flexibility index (Phi) is 5.02. The Labute approximate surface area is 149 Å². The van der Waals surface area contributed by atoms with Crippen molar-refractivity contribution in [1.82, 2.24) is 14.8 Å². The van der Waals surface area contributed by atoms with Crippen LogP contribution in [-0.2, 0) is 13.1 Å². The molecule has 0 bridgehead atoms. The molecule has 25 heavy (non-hydrogen) atoms. The molecule has 0 unspecified atom stereocenters. The number of ether oxygens (including phenoxy) is 1. The van der Waals surface area contributed by atoms with Gasteiger partial charge in [0, 0.05) is 31.0 Å². The van der Waals surface area contributed by atoms with Gasteiger partial charge >= 0.3 is 6.03 Å². The molecule has 1 N–H and O–H groups in total. The van der Waals surface area contributed by atoms with Crippen molar-refractivity contribution in [1.29, 1.82) is 0 Å². The molecule has 134 valence electrons. The van der Waals surface area contributed by atoms with Gasteiger partial charge in [-0.1, -0.05) is 26.0 Å². The van der Waals surface area contributed by atoms with Crippen molar-refractivity contribution >= 4 is 6.03 Å². The van der Waals surface area contributed by atoms with Gasteiger partial charge < -0.3 is 19.5 Å². The van der Waals surface area contributed by atoms with E-state index in [1.165, 1.54) is 11.4 Å². The average molecular weight is 341 g/mol. The monoisotopic (exact) mass is 341 g/mol. The number of carbonyl (C=O) groups is 1. The summed E-state index contributed by atoms with van der Waals surface area (Å²) in [5.74, 6) is 1.16. The highest BCUT2D eigenvalue weighted by atomic mass is 16.5. The Morgan fingerprint density at radius 2 is 2.08 bits per heavy atom. The molecule has 3 rings (SSSR count). The quantitative estimate of drug-likeness (QED) is 0.921. The lowest BCUT2D eigenvalue weighted by atomic mass is 9.97. The maximum Gasteiger partial charge on any atom is 0.318 e. The van der Waals surface area contributed by atoms with Crippen molar-refractivity contribution in [3.63, 3.8) is 0 Å². The van der Waals surface area contributed by atoms with Gasteiger partial charge in [0.1, 0.15) is 5.75 Å². The van der Waals surface area contributed by atoms with Gasteiger partial charge in [-0.3, -0.25) is 0 Å². The first-order valence-electron chi connectivity index (χ1n) is 8.84. The van der Waals surface area contributed by atoms with Crippen LogP contribution in [0.5, 0.6) is 5.75 Å². The maximum atomic E-state index is 12.8. The van der Waals surface area contributed by atoms with E-state index in [9.17, 15) is 4.79 Å². The number of nitrogens with zero attached hydrogens (tertiary/aromatic N) is 2. The van der Waals surface area contributed by atoms with Crippen LogP contribution in [0.25, 0.3) is 0 Å². The molecule has 0 saturated carbocycles. The van der Waals surface area contributed by atoms with Crippen molar-refractivity contribution in [2.75, 3.05) is 13.7 Å². The van der Waals surface area contributed by atoms with E-state index in [-0.39, 0.29) is 12.1 Å². The Morgan fingerprint density at radius 3 is 2.80 bits per heavy atom. The lowest BCUT2D eigenvalue weighted by Crippen LogP contribution is -2.48. The number of rotatable bonds is 4. The van der Waals surface area contributed by atoms with Crippen LogP contribution >= 0.6 is 0 Å². The number of aromatic nitrogens is 1. The highest BCUT2D eigenvalue weighted by molar-refractivity contribution is 5.75. The number of aryl methyl sites for hydroxylation is 1. The van der Waals surface area contributed by atoms with E-state index in [2.05, 4.69) is 42.8 Å². The molecule has 0 aliphatic carbocycles. The SMILES string of the molecule is COc1cccc(CNC(=O)N2CCn3c(C)ccc3[C@@H]2C(C)C)c1. The first-order valence-corrected chi connectivity index (χ1v) is 8.84. The zero-order valence-corrected chi connectivity index (χ0v) is 15.5. The number of fused-ring (bicyclic) bond motifs is 1. The third kappa shape index (κ3) is 3.50. The van der Waals surface area contributed by atoms with Crippen LogP contribution in [0.3, 0.4) is 0 Å². The predicted molar refractivity (Wildman–Crippen MR) is 98.7 cm³/mol. The summed E-state index contributed by atoms with van der Waals surface area (Å²) in [6.45, 7) is 8.55. The summed E-state index contributed by atoms with van der Waals surface area (Å²) in [6, 6.07) is 12.2. The summed E-state index contributed by atoms with van der Waals surface area (Å²) in [5, 5.41) is 3.06. The summed E-state index contributed by atoms with van der Waals surface area (Å²) >= 11 is 0. The number of benzene rings is 1. The zero-order valence-electron chi connectivity index (χ0n) is 15.5. The van der Waals surface area contributed by atoms with Crippen LogP contribution in [0, 0.1) is 12.8 Å². The summed E-state index contributed by atoms with van der Waals surface area (Å²) in [6.07, 6.45) is 0. The Bertz CT molecular complexity index is 751. The molecule has 2 amide bonds. The minimum Gasteiger partial charge on any atom is -0.497 e. The molecule has 0 spiro atoms. The van der Waals surface area contributed by atoms with E-state index in [4.69, 9.17) is 4.74 Å². The average Bonchev–Trinajstić information content (AvgIpc) is 3.00. The summed E-state index contributed by atoms with van der Waals surface area (Å²) in [4.78, 5) is 14.8. The van der Waals surface area contributed by atoms with Crippen molar-refractivity contribution in [2.24, 2.45) is 5.92 Å². The van der Waals surface area contributed by atoms with Crippen LogP contribution in [0.4, 0.5) is 4.79 Å². The van der Waals surface area contributed by atoms with Crippen LogP contribution in [-0.4, -0.2) is 29.2 Å². The molecule has 5 heteroatoms. The number of amides is 2. The molecular weight excluding hydrogens is 314 g/mol. The molecule has 0 saturated heterocycles. The van der Waals surface area contributed by atoms with E-state index in [1.807, 2.05) is 29.2 Å². The number of carbonyl (C=O) groups excluding carboxylic acids is 1. The molecule has 5 nitrogen and oxygen atoms in total. The largest absolute Gasteiger partial charge is 0.497 e. The fourth-order valence-electron chi connectivity index (χ4n) is 3.65. The van der Waals surface area contributed by atoms with Gasteiger partial charge in [0.2, 0.25) is 0 Å². The Balaban J connectivity index is 1.72. The Morgan fingerprint density at radius 1 is 1.28 bits per heavy atom. The minimum absolute atomic E-state index is 0.00776. The standard InChI is InChI=1S/C20H27N3O2/c1-14(2)19-18-9-8-15(3)22(18)10-11-23(19)20(24)21-13-16-6-5-7-17(12-16)25-4/h5-9,12,14,19H,10-11,13H2,1-4H3,(H,21,24)/t19-/m0/s1. The molecule has 1 atom stereocenters. The van der Waals surface area contributed by atoms with Crippen molar-refractivity contribution in [2.45, 2.75) is 39.9 Å². The van der Waals surface area contributed by atoms with Crippen LogP contribution in [0.15, 0.2) is 36.4 Å². The molecule has 1 aromatic carbocycles. The molecule has 0 radical (unpaired) electrons. The van der Waals surface area contributed by atoms with Gasteiger partial charge in [-0.25, -0.2) is 4.79 Å². The van der Waals surface area contributed by atoms with Gasteiger partial charge in [0.05, 0.1) is 13.2 Å². The number of hydrogen-bond donors (Lipinski definition) is 1. The summed E-state index contributed by atoms with van der Waals surface area (Å²) < 4.78 is 7.57. The first-order chi connectivity index (χ1) is 12.0. The van der Waals surface area contributed by atoms with Crippen LogP contribution in [0.1, 0.15) is 36.8 Å². The number of hydrogen-bond acceptors (Lipinski definition) is 2. The second-order valence-corrected chi connectivity index (χ2v) is 6.94. The zero-order chi connectivity index (χ0) is 18.0. The molecular formula is C20H27N3O2. The fraction of sp³-hybridized carbons (Fsp3) is 0.450. The van der Waals surface area contributed by atoms with E-state index in [1.54, 1.807) is 7.11 Å². The highest BCUT2D eigenvalue weighted by Crippen LogP contribution is 2.33. The Hall–Kier alpha value is -2.43. The van der Waals surface area contributed by atoms with E-state index in [0.29, 0.717) is 12.5 Å². The second-order valence-electron chi connectivity index (χ2n) is 6.94. The lowest BCUT2D eigenvalue weighted by Gasteiger charge is -2.39. The first kappa shape index (κ1) is 17.4. The van der Waals surface area contributed by atoms with E-state index < -0.39 is 0 Å². The number of urea groups is 1. The van der Waals surface area contributed by atoms with Gasteiger partial charge in [-0.15, -0.1) is 0 Å². The van der Waals surface area contributed by atoms with Crippen LogP contribution < -0.4 is 10.1 Å². The van der Waals surface area contributed by atoms with Crippen molar-refractivity contribution in [3.8, 4) is 5.75 Å². The van der Waals surface area contributed by atoms with E-state index >= 15 is 0 Å². The van der Waals surface area contributed by atoms with Gasteiger partial charge in [0.25, 0.3) is 0 Å². The third-order valence-corrected chi connectivity index (χ3v) is 4.91. The number of methoxy groups -OCH3 is 1. The third-order valence-electron chi connectivity index (χ3n) is 4.91. The molecule has 2 aromatic rings. The molecule has 0 fully saturated rings. The molecule has 1 aliphatic heterocycles. The van der Waals surface area contributed by atoms with Gasteiger partial charge in [-0.05, 0) is 42.7 Å². The number of nitrogens with one attached hydrogen (secondary N) is 1. The molecule has 1 aliphatic rings. The summed E-state index contributed by atoms with van der Waals surface area (Å²) in [7, 11) is 1.65. The minimum atomic E-state index is -0.00776. The summed E-state index contributed by atoms with van der Waals surface area (Å²) in [5.41, 5.74) is 3.53. The van der Waals surface area contributed by atoms with Crippen LogP contribution in [0.2, 0.25) is 0 Å². The molecule has 1 aromatic heterocycles. The van der Waals surface area contributed by atoms with Gasteiger partial charge in [0.15, 0.2) is 0 Å². The topological polar surface area (TPSA) is 46.5 Å². The lowest BCUT2D eigenvalue weighted by molar-refractivity contribution is 0.132. The smallest absolute Gasteiger partial charge is 0.318 e. The normalized spacial score (nSPS) is 16.7. The predicted octanol–water partition coefficient (Wildman–Crippen LogP) is 3.73. The fourth-order valence-corrected chi connectivity index (χ4v) is 3.65. The van der Waals surface area contributed by atoms with Crippen molar-refractivity contribution in [3.05, 3.63) is 53.3 Å². The van der Waals surface area contributed by atoms with Crippen molar-refractivity contribution < 1.29 is 9.53 Å².